The van der Waals surface area contributed by atoms with Crippen LogP contribution in [0, 0.1) is 18.3 Å². The molecule has 0 atom stereocenters. The molecule has 2 amide bonds. The number of hydrogen-bond donors (Lipinski definition) is 3. The molecule has 1 aromatic carbocycles. The lowest BCUT2D eigenvalue weighted by molar-refractivity contribution is -0.116. The number of carbonyl (C=O) groups is 2. The first-order valence-corrected chi connectivity index (χ1v) is 9.18. The monoisotopic (exact) mass is 345 g/mol. The van der Waals surface area contributed by atoms with E-state index in [1.165, 1.54) is 0 Å². The van der Waals surface area contributed by atoms with Crippen LogP contribution in [0.15, 0.2) is 18.2 Å². The molecule has 0 unspecified atom stereocenters. The van der Waals surface area contributed by atoms with Crippen molar-refractivity contribution in [2.75, 3.05) is 25.0 Å². The van der Waals surface area contributed by atoms with Gasteiger partial charge in [-0.15, -0.1) is 0 Å². The second-order valence-corrected chi connectivity index (χ2v) is 7.92. The third kappa shape index (κ3) is 5.85. The minimum absolute atomic E-state index is 0.00846. The predicted octanol–water partition coefficient (Wildman–Crippen LogP) is 3.10. The predicted molar refractivity (Wildman–Crippen MR) is 102 cm³/mol. The minimum atomic E-state index is -0.0529. The summed E-state index contributed by atoms with van der Waals surface area (Å²) in [6.07, 6.45) is 2.65. The Balaban J connectivity index is 1.94. The van der Waals surface area contributed by atoms with Gasteiger partial charge in [-0.25, -0.2) is 0 Å². The fourth-order valence-electron chi connectivity index (χ4n) is 3.12. The molecule has 0 aromatic heterocycles. The number of aryl methyl sites for hydroxylation is 1. The summed E-state index contributed by atoms with van der Waals surface area (Å²) >= 11 is 0. The lowest BCUT2D eigenvalue weighted by Gasteiger charge is -2.34. The topological polar surface area (TPSA) is 70.2 Å². The van der Waals surface area contributed by atoms with Gasteiger partial charge >= 0.3 is 0 Å². The van der Waals surface area contributed by atoms with Gasteiger partial charge in [-0.3, -0.25) is 9.59 Å². The quantitative estimate of drug-likeness (QED) is 0.742. The number of anilines is 1. The van der Waals surface area contributed by atoms with Crippen LogP contribution in [0.25, 0.3) is 0 Å². The number of rotatable bonds is 6. The molecule has 0 saturated carbocycles. The number of nitrogens with one attached hydrogen (secondary N) is 3. The smallest absolute Gasteiger partial charge is 0.251 e. The Bertz CT molecular complexity index is 619. The van der Waals surface area contributed by atoms with Crippen molar-refractivity contribution in [3.63, 3.8) is 0 Å². The Kier molecular flexibility index (Phi) is 6.59. The number of amides is 2. The van der Waals surface area contributed by atoms with E-state index in [1.54, 1.807) is 6.07 Å². The highest BCUT2D eigenvalue weighted by atomic mass is 16.2. The highest BCUT2D eigenvalue weighted by molar-refractivity contribution is 5.96. The van der Waals surface area contributed by atoms with Crippen LogP contribution in [0.2, 0.25) is 0 Å². The molecular formula is C20H31N3O2. The van der Waals surface area contributed by atoms with Crippen LogP contribution in [0.3, 0.4) is 0 Å². The normalized spacial score (nSPS) is 16.5. The molecule has 1 aliphatic rings. The van der Waals surface area contributed by atoms with Crippen molar-refractivity contribution in [3.8, 4) is 0 Å². The van der Waals surface area contributed by atoms with Crippen LogP contribution >= 0.6 is 0 Å². The van der Waals surface area contributed by atoms with Gasteiger partial charge < -0.3 is 16.0 Å². The van der Waals surface area contributed by atoms with E-state index in [9.17, 15) is 9.59 Å². The van der Waals surface area contributed by atoms with Crippen molar-refractivity contribution < 1.29 is 9.59 Å². The zero-order valence-corrected chi connectivity index (χ0v) is 15.9. The van der Waals surface area contributed by atoms with E-state index >= 15 is 0 Å². The Hall–Kier alpha value is -1.88. The number of benzene rings is 1. The molecule has 5 nitrogen and oxygen atoms in total. The molecule has 1 heterocycles. The lowest BCUT2D eigenvalue weighted by Crippen LogP contribution is -2.42. The van der Waals surface area contributed by atoms with Gasteiger partial charge in [-0.05, 0) is 68.0 Å². The standard InChI is InChI=1S/C20H31N3O2/c1-14(2)11-18(24)23-17-6-5-16(12-15(17)3)19(25)22-13-20(4)7-9-21-10-8-20/h5-6,12,14,21H,7-11,13H2,1-4H3,(H,22,25)(H,23,24). The van der Waals surface area contributed by atoms with Crippen molar-refractivity contribution >= 4 is 17.5 Å². The summed E-state index contributed by atoms with van der Waals surface area (Å²) in [4.78, 5) is 24.4. The SMILES string of the molecule is Cc1cc(C(=O)NCC2(C)CCNCC2)ccc1NC(=O)CC(C)C. The number of carbonyl (C=O) groups excluding carboxylic acids is 2. The second-order valence-electron chi connectivity index (χ2n) is 7.92. The third-order valence-corrected chi connectivity index (χ3v) is 4.84. The first-order chi connectivity index (χ1) is 11.8. The molecule has 25 heavy (non-hydrogen) atoms. The van der Waals surface area contributed by atoms with E-state index in [0.29, 0.717) is 24.4 Å². The van der Waals surface area contributed by atoms with Gasteiger partial charge in [-0.1, -0.05) is 20.8 Å². The van der Waals surface area contributed by atoms with Crippen LogP contribution in [-0.4, -0.2) is 31.4 Å². The first kappa shape index (κ1) is 19.4. The molecular weight excluding hydrogens is 314 g/mol. The molecule has 1 fully saturated rings. The van der Waals surface area contributed by atoms with Gasteiger partial charge in [0.25, 0.3) is 5.91 Å². The largest absolute Gasteiger partial charge is 0.351 e. The Morgan fingerprint density at radius 1 is 1.24 bits per heavy atom. The molecule has 0 bridgehead atoms. The van der Waals surface area contributed by atoms with E-state index in [4.69, 9.17) is 0 Å². The van der Waals surface area contributed by atoms with Gasteiger partial charge in [0.15, 0.2) is 0 Å². The highest BCUT2D eigenvalue weighted by Gasteiger charge is 2.27. The maximum Gasteiger partial charge on any atom is 0.251 e. The van der Waals surface area contributed by atoms with Crippen LogP contribution in [0.4, 0.5) is 5.69 Å². The molecule has 1 aromatic rings. The molecule has 0 spiro atoms. The summed E-state index contributed by atoms with van der Waals surface area (Å²) in [6, 6.07) is 5.43. The van der Waals surface area contributed by atoms with E-state index in [2.05, 4.69) is 22.9 Å². The van der Waals surface area contributed by atoms with E-state index in [-0.39, 0.29) is 17.2 Å². The summed E-state index contributed by atoms with van der Waals surface area (Å²) in [7, 11) is 0. The van der Waals surface area contributed by atoms with Crippen LogP contribution in [0.5, 0.6) is 0 Å². The summed E-state index contributed by atoms with van der Waals surface area (Å²) in [5.41, 5.74) is 2.48. The summed E-state index contributed by atoms with van der Waals surface area (Å²) < 4.78 is 0. The molecule has 1 saturated heterocycles. The van der Waals surface area contributed by atoms with E-state index < -0.39 is 0 Å². The fraction of sp³-hybridized carbons (Fsp3) is 0.600. The van der Waals surface area contributed by atoms with Crippen molar-refractivity contribution in [1.29, 1.82) is 0 Å². The molecule has 1 aliphatic heterocycles. The summed E-state index contributed by atoms with van der Waals surface area (Å²) in [5, 5.41) is 9.34. The van der Waals surface area contributed by atoms with Crippen molar-refractivity contribution in [2.45, 2.75) is 47.0 Å². The zero-order valence-electron chi connectivity index (χ0n) is 15.9. The van der Waals surface area contributed by atoms with Gasteiger partial charge in [0.2, 0.25) is 5.91 Å². The maximum absolute atomic E-state index is 12.4. The van der Waals surface area contributed by atoms with Crippen LogP contribution < -0.4 is 16.0 Å². The van der Waals surface area contributed by atoms with Gasteiger partial charge in [0.05, 0.1) is 0 Å². The fourth-order valence-corrected chi connectivity index (χ4v) is 3.12. The highest BCUT2D eigenvalue weighted by Crippen LogP contribution is 2.27. The molecule has 0 aliphatic carbocycles. The Morgan fingerprint density at radius 2 is 1.92 bits per heavy atom. The molecule has 5 heteroatoms. The number of piperidine rings is 1. The lowest BCUT2D eigenvalue weighted by atomic mass is 9.81. The van der Waals surface area contributed by atoms with E-state index in [0.717, 1.165) is 37.2 Å². The minimum Gasteiger partial charge on any atom is -0.351 e. The van der Waals surface area contributed by atoms with Gasteiger partial charge in [0.1, 0.15) is 0 Å². The maximum atomic E-state index is 12.4. The van der Waals surface area contributed by atoms with Crippen molar-refractivity contribution in [1.82, 2.24) is 10.6 Å². The summed E-state index contributed by atoms with van der Waals surface area (Å²) in [6.45, 7) is 10.9. The number of hydrogen-bond acceptors (Lipinski definition) is 3. The van der Waals surface area contributed by atoms with E-state index in [1.807, 2.05) is 32.9 Å². The van der Waals surface area contributed by atoms with Crippen molar-refractivity contribution in [2.24, 2.45) is 11.3 Å². The molecule has 138 valence electrons. The van der Waals surface area contributed by atoms with Crippen molar-refractivity contribution in [3.05, 3.63) is 29.3 Å². The molecule has 2 rings (SSSR count). The molecule has 3 N–H and O–H groups in total. The van der Waals surface area contributed by atoms with Gasteiger partial charge in [-0.2, -0.15) is 0 Å². The summed E-state index contributed by atoms with van der Waals surface area (Å²) in [5.74, 6) is 0.277. The average molecular weight is 345 g/mol. The Morgan fingerprint density at radius 3 is 2.52 bits per heavy atom. The van der Waals surface area contributed by atoms with Crippen LogP contribution in [0.1, 0.15) is 56.0 Å². The second kappa shape index (κ2) is 8.48. The third-order valence-electron chi connectivity index (χ3n) is 4.84. The average Bonchev–Trinajstić information content (AvgIpc) is 2.54. The zero-order chi connectivity index (χ0) is 18.4. The van der Waals surface area contributed by atoms with Gasteiger partial charge in [0, 0.05) is 24.2 Å². The first-order valence-electron chi connectivity index (χ1n) is 9.18. The molecule has 0 radical (unpaired) electrons. The Labute approximate surface area is 151 Å². The van der Waals surface area contributed by atoms with Crippen LogP contribution in [-0.2, 0) is 4.79 Å².